The summed E-state index contributed by atoms with van der Waals surface area (Å²) in [6.07, 6.45) is 6.70. The Hall–Kier alpha value is -2.27. The maximum atomic E-state index is 5.66. The molecule has 0 bridgehead atoms. The summed E-state index contributed by atoms with van der Waals surface area (Å²) in [5.41, 5.74) is 2.44. The summed E-state index contributed by atoms with van der Waals surface area (Å²) in [4.78, 5) is 6.96. The topological polar surface area (TPSA) is 46.6 Å². The van der Waals surface area contributed by atoms with E-state index in [1.165, 1.54) is 30.4 Å². The second-order valence-corrected chi connectivity index (χ2v) is 6.88. The Bertz CT molecular complexity index is 714. The first-order valence-electron chi connectivity index (χ1n) is 10.0. The van der Waals surface area contributed by atoms with Gasteiger partial charge in [-0.15, -0.1) is 0 Å². The van der Waals surface area contributed by atoms with Crippen molar-refractivity contribution in [2.24, 2.45) is 0 Å². The Morgan fingerprint density at radius 2 is 2.00 bits per heavy atom. The number of nitrogens with one attached hydrogen (secondary N) is 1. The van der Waals surface area contributed by atoms with Gasteiger partial charge in [-0.05, 0) is 68.5 Å². The zero-order valence-corrected chi connectivity index (χ0v) is 16.5. The van der Waals surface area contributed by atoms with Gasteiger partial charge in [-0.2, -0.15) is 0 Å². The molecule has 146 valence electrons. The molecule has 0 atom stereocenters. The van der Waals surface area contributed by atoms with E-state index >= 15 is 0 Å². The molecule has 0 amide bonds. The molecule has 1 saturated heterocycles. The lowest BCUT2D eigenvalue weighted by atomic mass is 10.1. The summed E-state index contributed by atoms with van der Waals surface area (Å²) in [5.74, 6) is 2.77. The third-order valence-electron chi connectivity index (χ3n) is 4.95. The van der Waals surface area contributed by atoms with Crippen molar-refractivity contribution in [2.75, 3.05) is 38.3 Å². The third-order valence-corrected chi connectivity index (χ3v) is 4.95. The SMILES string of the molecule is CCOc1cccc(CCNCc2ccnc(N3CCCCC3)c2)c1OC. The predicted molar refractivity (Wildman–Crippen MR) is 110 cm³/mol. The van der Waals surface area contributed by atoms with E-state index in [1.807, 2.05) is 25.3 Å². The molecule has 5 nitrogen and oxygen atoms in total. The van der Waals surface area contributed by atoms with Crippen LogP contribution < -0.4 is 19.7 Å². The number of pyridine rings is 1. The highest BCUT2D eigenvalue weighted by molar-refractivity contribution is 5.46. The number of benzene rings is 1. The Labute approximate surface area is 162 Å². The minimum absolute atomic E-state index is 0.638. The van der Waals surface area contributed by atoms with Crippen molar-refractivity contribution in [3.63, 3.8) is 0 Å². The fourth-order valence-corrected chi connectivity index (χ4v) is 3.58. The Morgan fingerprint density at radius 3 is 2.78 bits per heavy atom. The van der Waals surface area contributed by atoms with Gasteiger partial charge in [0.15, 0.2) is 11.5 Å². The van der Waals surface area contributed by atoms with Gasteiger partial charge in [0.2, 0.25) is 0 Å². The van der Waals surface area contributed by atoms with Crippen molar-refractivity contribution < 1.29 is 9.47 Å². The monoisotopic (exact) mass is 369 g/mol. The molecule has 1 aliphatic heterocycles. The zero-order chi connectivity index (χ0) is 18.9. The number of piperidine rings is 1. The number of nitrogens with zero attached hydrogens (tertiary/aromatic N) is 2. The molecule has 1 fully saturated rings. The van der Waals surface area contributed by atoms with Gasteiger partial charge in [-0.3, -0.25) is 0 Å². The molecule has 3 rings (SSSR count). The van der Waals surface area contributed by atoms with E-state index in [4.69, 9.17) is 9.47 Å². The van der Waals surface area contributed by atoms with Crippen LogP contribution in [-0.4, -0.2) is 38.3 Å². The van der Waals surface area contributed by atoms with Crippen LogP contribution in [0.3, 0.4) is 0 Å². The highest BCUT2D eigenvalue weighted by atomic mass is 16.5. The fourth-order valence-electron chi connectivity index (χ4n) is 3.58. The summed E-state index contributed by atoms with van der Waals surface area (Å²) in [6, 6.07) is 10.4. The van der Waals surface area contributed by atoms with Crippen LogP contribution in [-0.2, 0) is 13.0 Å². The maximum absolute atomic E-state index is 5.66. The molecular weight excluding hydrogens is 338 g/mol. The molecule has 1 aromatic heterocycles. The van der Waals surface area contributed by atoms with E-state index in [0.29, 0.717) is 6.61 Å². The van der Waals surface area contributed by atoms with E-state index in [1.54, 1.807) is 7.11 Å². The van der Waals surface area contributed by atoms with Crippen LogP contribution in [0.5, 0.6) is 11.5 Å². The average molecular weight is 370 g/mol. The van der Waals surface area contributed by atoms with Gasteiger partial charge in [-0.1, -0.05) is 12.1 Å². The average Bonchev–Trinajstić information content (AvgIpc) is 2.72. The highest BCUT2D eigenvalue weighted by Crippen LogP contribution is 2.31. The van der Waals surface area contributed by atoms with Crippen molar-refractivity contribution >= 4 is 5.82 Å². The number of rotatable bonds is 9. The highest BCUT2D eigenvalue weighted by Gasteiger charge is 2.12. The van der Waals surface area contributed by atoms with Gasteiger partial charge in [0.05, 0.1) is 13.7 Å². The first-order chi connectivity index (χ1) is 13.3. The molecule has 0 unspecified atom stereocenters. The Kier molecular flexibility index (Phi) is 7.34. The molecule has 2 aromatic rings. The van der Waals surface area contributed by atoms with Crippen LogP contribution in [0.2, 0.25) is 0 Å². The second kappa shape index (κ2) is 10.2. The van der Waals surface area contributed by atoms with Crippen LogP contribution >= 0.6 is 0 Å². The Morgan fingerprint density at radius 1 is 1.15 bits per heavy atom. The molecular formula is C22H31N3O2. The number of methoxy groups -OCH3 is 1. The first kappa shape index (κ1) is 19.5. The lowest BCUT2D eigenvalue weighted by molar-refractivity contribution is 0.309. The quantitative estimate of drug-likeness (QED) is 0.681. The van der Waals surface area contributed by atoms with Crippen molar-refractivity contribution in [2.45, 2.75) is 39.2 Å². The van der Waals surface area contributed by atoms with Gasteiger partial charge < -0.3 is 19.7 Å². The molecule has 0 saturated carbocycles. The molecule has 1 aliphatic rings. The van der Waals surface area contributed by atoms with E-state index < -0.39 is 0 Å². The van der Waals surface area contributed by atoms with Gasteiger partial charge in [-0.25, -0.2) is 4.98 Å². The number of anilines is 1. The van der Waals surface area contributed by atoms with E-state index in [0.717, 1.165) is 49.9 Å². The fraction of sp³-hybridized carbons (Fsp3) is 0.500. The Balaban J connectivity index is 1.52. The molecule has 1 N–H and O–H groups in total. The minimum atomic E-state index is 0.638. The van der Waals surface area contributed by atoms with Crippen LogP contribution in [0.1, 0.15) is 37.3 Å². The smallest absolute Gasteiger partial charge is 0.163 e. The standard InChI is InChI=1S/C22H31N3O2/c1-3-27-20-9-7-8-19(22(20)26-2)11-12-23-17-18-10-13-24-21(16-18)25-14-5-4-6-15-25/h7-10,13,16,23H,3-6,11-12,14-15,17H2,1-2H3. The van der Waals surface area contributed by atoms with E-state index in [2.05, 4.69) is 33.4 Å². The van der Waals surface area contributed by atoms with Crippen molar-refractivity contribution in [3.8, 4) is 11.5 Å². The number of aromatic nitrogens is 1. The van der Waals surface area contributed by atoms with Gasteiger partial charge >= 0.3 is 0 Å². The third kappa shape index (κ3) is 5.36. The lowest BCUT2D eigenvalue weighted by Crippen LogP contribution is -2.30. The number of para-hydroxylation sites is 1. The largest absolute Gasteiger partial charge is 0.493 e. The normalized spacial score (nSPS) is 14.2. The predicted octanol–water partition coefficient (Wildman–Crippen LogP) is 3.81. The maximum Gasteiger partial charge on any atom is 0.163 e. The number of hydrogen-bond donors (Lipinski definition) is 1. The molecule has 0 aliphatic carbocycles. The van der Waals surface area contributed by atoms with Gasteiger partial charge in [0.1, 0.15) is 5.82 Å². The summed E-state index contributed by atoms with van der Waals surface area (Å²) >= 11 is 0. The summed E-state index contributed by atoms with van der Waals surface area (Å²) in [5, 5.41) is 3.54. The number of ether oxygens (including phenoxy) is 2. The zero-order valence-electron chi connectivity index (χ0n) is 16.5. The first-order valence-corrected chi connectivity index (χ1v) is 10.0. The molecule has 0 spiro atoms. The lowest BCUT2D eigenvalue weighted by Gasteiger charge is -2.27. The molecule has 27 heavy (non-hydrogen) atoms. The minimum Gasteiger partial charge on any atom is -0.493 e. The van der Waals surface area contributed by atoms with Crippen molar-refractivity contribution in [3.05, 3.63) is 47.7 Å². The van der Waals surface area contributed by atoms with Crippen LogP contribution in [0.25, 0.3) is 0 Å². The molecule has 0 radical (unpaired) electrons. The molecule has 1 aromatic carbocycles. The van der Waals surface area contributed by atoms with Gasteiger partial charge in [0.25, 0.3) is 0 Å². The summed E-state index contributed by atoms with van der Waals surface area (Å²) in [6.45, 7) is 6.60. The number of hydrogen-bond acceptors (Lipinski definition) is 5. The van der Waals surface area contributed by atoms with Gasteiger partial charge in [0, 0.05) is 25.8 Å². The molecule has 2 heterocycles. The van der Waals surface area contributed by atoms with Crippen molar-refractivity contribution in [1.29, 1.82) is 0 Å². The molecule has 5 heteroatoms. The van der Waals surface area contributed by atoms with Crippen molar-refractivity contribution in [1.82, 2.24) is 10.3 Å². The summed E-state index contributed by atoms with van der Waals surface area (Å²) < 4.78 is 11.2. The van der Waals surface area contributed by atoms with Crippen LogP contribution in [0, 0.1) is 0 Å². The second-order valence-electron chi connectivity index (χ2n) is 6.88. The van der Waals surface area contributed by atoms with Crippen LogP contribution in [0.15, 0.2) is 36.5 Å². The summed E-state index contributed by atoms with van der Waals surface area (Å²) in [7, 11) is 1.70. The van der Waals surface area contributed by atoms with Crippen LogP contribution in [0.4, 0.5) is 5.82 Å². The van der Waals surface area contributed by atoms with E-state index in [9.17, 15) is 0 Å². The van der Waals surface area contributed by atoms with E-state index in [-0.39, 0.29) is 0 Å².